The van der Waals surface area contributed by atoms with Gasteiger partial charge in [0.15, 0.2) is 0 Å². The van der Waals surface area contributed by atoms with E-state index in [1.54, 1.807) is 0 Å². The molecule has 0 saturated heterocycles. The molecule has 2 aromatic rings. The van der Waals surface area contributed by atoms with E-state index in [9.17, 15) is 4.79 Å². The summed E-state index contributed by atoms with van der Waals surface area (Å²) in [5.41, 5.74) is 5.89. The van der Waals surface area contributed by atoms with Crippen molar-refractivity contribution in [3.63, 3.8) is 0 Å². The molecule has 0 bridgehead atoms. The molecular weight excluding hydrogens is 284 g/mol. The predicted octanol–water partition coefficient (Wildman–Crippen LogP) is 3.52. The summed E-state index contributed by atoms with van der Waals surface area (Å²) in [7, 11) is 0. The van der Waals surface area contributed by atoms with Crippen LogP contribution < -0.4 is 10.6 Å². The summed E-state index contributed by atoms with van der Waals surface area (Å²) in [6.45, 7) is 8.95. The molecule has 1 heterocycles. The quantitative estimate of drug-likeness (QED) is 0.911. The van der Waals surface area contributed by atoms with Crippen molar-refractivity contribution in [2.75, 3.05) is 0 Å². The van der Waals surface area contributed by atoms with Gasteiger partial charge in [0.25, 0.3) is 5.91 Å². The zero-order chi connectivity index (χ0) is 16.4. The number of rotatable bonds is 3. The topological polar surface area (TPSA) is 41.1 Å². The van der Waals surface area contributed by atoms with Crippen LogP contribution in [-0.2, 0) is 25.0 Å². The van der Waals surface area contributed by atoms with E-state index in [1.165, 1.54) is 16.7 Å². The maximum atomic E-state index is 12.3. The van der Waals surface area contributed by atoms with E-state index in [2.05, 4.69) is 49.6 Å². The van der Waals surface area contributed by atoms with Gasteiger partial charge in [0.1, 0.15) is 0 Å². The van der Waals surface area contributed by atoms with E-state index in [0.717, 1.165) is 18.7 Å². The molecule has 3 nitrogen and oxygen atoms in total. The monoisotopic (exact) mass is 308 g/mol. The lowest BCUT2D eigenvalue weighted by molar-refractivity contribution is 0.0951. The number of benzene rings is 2. The Kier molecular flexibility index (Phi) is 4.22. The highest BCUT2D eigenvalue weighted by Crippen LogP contribution is 2.22. The molecule has 0 unspecified atom stereocenters. The number of fused-ring (bicyclic) bond motifs is 1. The van der Waals surface area contributed by atoms with E-state index in [0.29, 0.717) is 12.1 Å². The zero-order valence-corrected chi connectivity index (χ0v) is 14.1. The summed E-state index contributed by atoms with van der Waals surface area (Å²) in [5, 5.41) is 6.34. The van der Waals surface area contributed by atoms with E-state index in [4.69, 9.17) is 0 Å². The SMILES string of the molecule is CC(C)(C)c1ccc(C(=O)NCc2ccc3c(c2)CNC3)cc1. The van der Waals surface area contributed by atoms with Gasteiger partial charge in [-0.2, -0.15) is 0 Å². The molecule has 1 amide bonds. The Morgan fingerprint density at radius 3 is 2.43 bits per heavy atom. The Morgan fingerprint density at radius 1 is 1.04 bits per heavy atom. The Balaban J connectivity index is 1.63. The van der Waals surface area contributed by atoms with Crippen LogP contribution in [0, 0.1) is 0 Å². The van der Waals surface area contributed by atoms with Crippen LogP contribution in [0.25, 0.3) is 0 Å². The lowest BCUT2D eigenvalue weighted by atomic mass is 9.87. The van der Waals surface area contributed by atoms with Gasteiger partial charge < -0.3 is 10.6 Å². The summed E-state index contributed by atoms with van der Waals surface area (Å²) in [6, 6.07) is 14.3. The third-order valence-corrected chi connectivity index (χ3v) is 4.37. The van der Waals surface area contributed by atoms with Gasteiger partial charge in [0.05, 0.1) is 0 Å². The Hall–Kier alpha value is -2.13. The molecule has 3 rings (SSSR count). The molecule has 0 radical (unpaired) electrons. The Morgan fingerprint density at radius 2 is 1.74 bits per heavy atom. The normalized spacial score (nSPS) is 13.7. The van der Waals surface area contributed by atoms with Crippen LogP contribution in [-0.4, -0.2) is 5.91 Å². The number of hydrogen-bond acceptors (Lipinski definition) is 2. The van der Waals surface area contributed by atoms with Crippen molar-refractivity contribution in [3.05, 3.63) is 70.3 Å². The minimum Gasteiger partial charge on any atom is -0.348 e. The van der Waals surface area contributed by atoms with E-state index in [-0.39, 0.29) is 11.3 Å². The minimum atomic E-state index is -0.0240. The summed E-state index contributed by atoms with van der Waals surface area (Å²) >= 11 is 0. The molecule has 23 heavy (non-hydrogen) atoms. The van der Waals surface area contributed by atoms with E-state index >= 15 is 0 Å². The van der Waals surface area contributed by atoms with Crippen LogP contribution >= 0.6 is 0 Å². The van der Waals surface area contributed by atoms with Gasteiger partial charge in [0, 0.05) is 25.2 Å². The van der Waals surface area contributed by atoms with Crippen LogP contribution in [0.3, 0.4) is 0 Å². The van der Waals surface area contributed by atoms with Crippen molar-refractivity contribution >= 4 is 5.91 Å². The molecule has 0 saturated carbocycles. The van der Waals surface area contributed by atoms with Crippen molar-refractivity contribution in [1.82, 2.24) is 10.6 Å². The van der Waals surface area contributed by atoms with E-state index in [1.807, 2.05) is 24.3 Å². The minimum absolute atomic E-state index is 0.0240. The van der Waals surface area contributed by atoms with Crippen molar-refractivity contribution in [2.45, 2.75) is 45.8 Å². The molecule has 0 aliphatic carbocycles. The maximum Gasteiger partial charge on any atom is 0.251 e. The van der Waals surface area contributed by atoms with Crippen molar-refractivity contribution in [3.8, 4) is 0 Å². The van der Waals surface area contributed by atoms with Crippen LogP contribution in [0.1, 0.15) is 53.4 Å². The molecule has 2 N–H and O–H groups in total. The molecule has 0 spiro atoms. The summed E-state index contributed by atoms with van der Waals surface area (Å²) in [5.74, 6) is -0.0240. The smallest absolute Gasteiger partial charge is 0.251 e. The van der Waals surface area contributed by atoms with Gasteiger partial charge in [-0.05, 0) is 39.8 Å². The second kappa shape index (κ2) is 6.17. The highest BCUT2D eigenvalue weighted by molar-refractivity contribution is 5.94. The third kappa shape index (κ3) is 3.62. The van der Waals surface area contributed by atoms with Crippen LogP contribution in [0.2, 0.25) is 0 Å². The Bertz CT molecular complexity index is 711. The average molecular weight is 308 g/mol. The molecular formula is C20H24N2O. The summed E-state index contributed by atoms with van der Waals surface area (Å²) in [6.07, 6.45) is 0. The van der Waals surface area contributed by atoms with Crippen molar-refractivity contribution in [2.24, 2.45) is 0 Å². The number of nitrogens with one attached hydrogen (secondary N) is 2. The number of carbonyl (C=O) groups is 1. The summed E-state index contributed by atoms with van der Waals surface area (Å²) < 4.78 is 0. The molecule has 0 atom stereocenters. The third-order valence-electron chi connectivity index (χ3n) is 4.37. The fourth-order valence-corrected chi connectivity index (χ4v) is 2.86. The average Bonchev–Trinajstić information content (AvgIpc) is 2.99. The van der Waals surface area contributed by atoms with Crippen LogP contribution in [0.4, 0.5) is 0 Å². The second-order valence-corrected chi connectivity index (χ2v) is 7.22. The lowest BCUT2D eigenvalue weighted by Crippen LogP contribution is -2.23. The van der Waals surface area contributed by atoms with Crippen molar-refractivity contribution in [1.29, 1.82) is 0 Å². The van der Waals surface area contributed by atoms with Gasteiger partial charge in [-0.15, -0.1) is 0 Å². The van der Waals surface area contributed by atoms with Gasteiger partial charge >= 0.3 is 0 Å². The zero-order valence-electron chi connectivity index (χ0n) is 14.1. The highest BCUT2D eigenvalue weighted by Gasteiger charge is 2.14. The molecule has 1 aliphatic heterocycles. The molecule has 120 valence electrons. The Labute approximate surface area is 138 Å². The first kappa shape index (κ1) is 15.8. The van der Waals surface area contributed by atoms with Crippen molar-refractivity contribution < 1.29 is 4.79 Å². The summed E-state index contributed by atoms with van der Waals surface area (Å²) in [4.78, 5) is 12.3. The number of carbonyl (C=O) groups excluding carboxylic acids is 1. The first-order chi connectivity index (χ1) is 10.9. The van der Waals surface area contributed by atoms with Gasteiger partial charge in [-0.1, -0.05) is 51.1 Å². The fourth-order valence-electron chi connectivity index (χ4n) is 2.86. The van der Waals surface area contributed by atoms with Gasteiger partial charge in [-0.3, -0.25) is 4.79 Å². The first-order valence-electron chi connectivity index (χ1n) is 8.13. The number of amides is 1. The highest BCUT2D eigenvalue weighted by atomic mass is 16.1. The molecule has 0 fully saturated rings. The largest absolute Gasteiger partial charge is 0.348 e. The fraction of sp³-hybridized carbons (Fsp3) is 0.350. The number of hydrogen-bond donors (Lipinski definition) is 2. The first-order valence-corrected chi connectivity index (χ1v) is 8.13. The van der Waals surface area contributed by atoms with Crippen LogP contribution in [0.5, 0.6) is 0 Å². The standard InChI is InChI=1S/C20H24N2O/c1-20(2,3)18-8-6-15(7-9-18)19(23)22-11-14-4-5-16-12-21-13-17(16)10-14/h4-10,21H,11-13H2,1-3H3,(H,22,23). The molecule has 2 aromatic carbocycles. The molecule has 0 aromatic heterocycles. The van der Waals surface area contributed by atoms with Crippen LogP contribution in [0.15, 0.2) is 42.5 Å². The maximum absolute atomic E-state index is 12.3. The van der Waals surface area contributed by atoms with Gasteiger partial charge in [0.2, 0.25) is 0 Å². The predicted molar refractivity (Wildman–Crippen MR) is 93.3 cm³/mol. The van der Waals surface area contributed by atoms with E-state index < -0.39 is 0 Å². The molecule has 3 heteroatoms. The molecule has 1 aliphatic rings. The van der Waals surface area contributed by atoms with Gasteiger partial charge in [-0.25, -0.2) is 0 Å². The lowest BCUT2D eigenvalue weighted by Gasteiger charge is -2.19. The second-order valence-electron chi connectivity index (χ2n) is 7.22.